The second-order valence-corrected chi connectivity index (χ2v) is 9.00. The van der Waals surface area contributed by atoms with Crippen molar-refractivity contribution in [2.24, 2.45) is 0 Å². The monoisotopic (exact) mass is 484 g/mol. The lowest BCUT2D eigenvalue weighted by atomic mass is 10.0. The predicted molar refractivity (Wildman–Crippen MR) is 138 cm³/mol. The van der Waals surface area contributed by atoms with Crippen molar-refractivity contribution in [1.82, 2.24) is 30.0 Å². The second kappa shape index (κ2) is 11.3. The molecule has 1 aromatic heterocycles. The van der Waals surface area contributed by atoms with Crippen LogP contribution in [0.5, 0.6) is 11.5 Å². The van der Waals surface area contributed by atoms with Gasteiger partial charge in [-0.1, -0.05) is 66.7 Å². The summed E-state index contributed by atoms with van der Waals surface area (Å²) in [6.45, 7) is 5.33. The molecule has 4 aromatic rings. The molecule has 0 amide bonds. The van der Waals surface area contributed by atoms with Crippen LogP contribution < -0.4 is 9.47 Å². The molecule has 1 aliphatic heterocycles. The zero-order valence-electron chi connectivity index (χ0n) is 20.8. The molecule has 1 saturated heterocycles. The van der Waals surface area contributed by atoms with E-state index in [1.807, 2.05) is 35.0 Å². The fourth-order valence-corrected chi connectivity index (χ4v) is 4.84. The normalized spacial score (nSPS) is 15.5. The van der Waals surface area contributed by atoms with E-state index >= 15 is 0 Å². The molecule has 2 heterocycles. The van der Waals surface area contributed by atoms with Crippen molar-refractivity contribution in [3.8, 4) is 11.5 Å². The summed E-state index contributed by atoms with van der Waals surface area (Å²) in [6.07, 6.45) is 0. The SMILES string of the molecule is COc1ccc(C(c2nnnn2Cc2ccccc2)N2CCN(Cc3ccccc3)CC2)cc1OC. The van der Waals surface area contributed by atoms with Gasteiger partial charge in [0, 0.05) is 32.7 Å². The van der Waals surface area contributed by atoms with Crippen LogP contribution in [0.25, 0.3) is 0 Å². The molecule has 1 unspecified atom stereocenters. The van der Waals surface area contributed by atoms with Gasteiger partial charge in [-0.05, 0) is 39.2 Å². The van der Waals surface area contributed by atoms with Crippen LogP contribution in [-0.4, -0.2) is 70.4 Å². The Bertz CT molecular complexity index is 1240. The molecule has 36 heavy (non-hydrogen) atoms. The number of hydrogen-bond donors (Lipinski definition) is 0. The summed E-state index contributed by atoms with van der Waals surface area (Å²) in [5.74, 6) is 2.23. The maximum Gasteiger partial charge on any atom is 0.173 e. The minimum Gasteiger partial charge on any atom is -0.493 e. The van der Waals surface area contributed by atoms with Gasteiger partial charge >= 0.3 is 0 Å². The maximum absolute atomic E-state index is 5.63. The molecule has 0 bridgehead atoms. The van der Waals surface area contributed by atoms with Gasteiger partial charge in [0.2, 0.25) is 0 Å². The maximum atomic E-state index is 5.63. The van der Waals surface area contributed by atoms with Crippen LogP contribution in [0.2, 0.25) is 0 Å². The van der Waals surface area contributed by atoms with Gasteiger partial charge in [-0.2, -0.15) is 0 Å². The van der Waals surface area contributed by atoms with Crippen LogP contribution >= 0.6 is 0 Å². The summed E-state index contributed by atoms with van der Waals surface area (Å²) in [6, 6.07) is 26.9. The highest BCUT2D eigenvalue weighted by molar-refractivity contribution is 5.45. The molecule has 0 radical (unpaired) electrons. The number of benzene rings is 3. The molecule has 8 heteroatoms. The Morgan fingerprint density at radius 1 is 0.750 bits per heavy atom. The van der Waals surface area contributed by atoms with Crippen molar-refractivity contribution >= 4 is 0 Å². The topological polar surface area (TPSA) is 68.5 Å². The Kier molecular flexibility index (Phi) is 7.54. The van der Waals surface area contributed by atoms with Gasteiger partial charge in [-0.15, -0.1) is 5.10 Å². The highest BCUT2D eigenvalue weighted by Crippen LogP contribution is 2.35. The van der Waals surface area contributed by atoms with Gasteiger partial charge < -0.3 is 9.47 Å². The molecule has 0 saturated carbocycles. The first-order valence-corrected chi connectivity index (χ1v) is 12.3. The molecule has 1 atom stereocenters. The number of piperazine rings is 1. The molecule has 1 aliphatic rings. The predicted octanol–water partition coefficient (Wildman–Crippen LogP) is 3.65. The van der Waals surface area contributed by atoms with Gasteiger partial charge in [0.1, 0.15) is 0 Å². The number of hydrogen-bond acceptors (Lipinski definition) is 7. The first kappa shape index (κ1) is 24.0. The molecule has 3 aromatic carbocycles. The minimum atomic E-state index is -0.109. The van der Waals surface area contributed by atoms with Crippen LogP contribution in [0.1, 0.15) is 28.6 Å². The van der Waals surface area contributed by atoms with Crippen LogP contribution in [0.3, 0.4) is 0 Å². The fourth-order valence-electron chi connectivity index (χ4n) is 4.84. The molecule has 0 spiro atoms. The highest BCUT2D eigenvalue weighted by atomic mass is 16.5. The van der Waals surface area contributed by atoms with Crippen molar-refractivity contribution < 1.29 is 9.47 Å². The standard InChI is InChI=1S/C28H32N6O2/c1-35-25-14-13-24(19-26(25)36-2)27(28-29-30-31-34(28)21-23-11-7-4-8-12-23)33-17-15-32(16-18-33)20-22-9-5-3-6-10-22/h3-14,19,27H,15-18,20-21H2,1-2H3. The number of tetrazole rings is 1. The summed E-state index contributed by atoms with van der Waals surface area (Å²) >= 11 is 0. The van der Waals surface area contributed by atoms with E-state index in [0.29, 0.717) is 18.0 Å². The largest absolute Gasteiger partial charge is 0.493 e. The third-order valence-electron chi connectivity index (χ3n) is 6.72. The van der Waals surface area contributed by atoms with Crippen molar-refractivity contribution in [2.75, 3.05) is 40.4 Å². The lowest BCUT2D eigenvalue weighted by Crippen LogP contribution is -2.48. The van der Waals surface area contributed by atoms with E-state index in [0.717, 1.165) is 49.7 Å². The molecule has 186 valence electrons. The number of ether oxygens (including phenoxy) is 2. The van der Waals surface area contributed by atoms with Gasteiger partial charge in [-0.3, -0.25) is 9.80 Å². The van der Waals surface area contributed by atoms with Gasteiger partial charge in [0.05, 0.1) is 26.8 Å². The van der Waals surface area contributed by atoms with E-state index in [-0.39, 0.29) is 6.04 Å². The summed E-state index contributed by atoms with van der Waals surface area (Å²) in [5.41, 5.74) is 3.58. The molecule has 0 N–H and O–H groups in total. The first-order chi connectivity index (χ1) is 17.7. The third kappa shape index (κ3) is 5.40. The van der Waals surface area contributed by atoms with Gasteiger partial charge in [0.25, 0.3) is 0 Å². The average molecular weight is 485 g/mol. The Hall–Kier alpha value is -3.75. The molecule has 0 aliphatic carbocycles. The number of methoxy groups -OCH3 is 2. The highest BCUT2D eigenvalue weighted by Gasteiger charge is 2.31. The van der Waals surface area contributed by atoms with Crippen LogP contribution in [0, 0.1) is 0 Å². The zero-order chi connectivity index (χ0) is 24.7. The summed E-state index contributed by atoms with van der Waals surface area (Å²) in [5, 5.41) is 13.0. The molecule has 8 nitrogen and oxygen atoms in total. The number of aromatic nitrogens is 4. The van der Waals surface area contributed by atoms with Crippen LogP contribution in [0.15, 0.2) is 78.9 Å². The Morgan fingerprint density at radius 2 is 1.39 bits per heavy atom. The van der Waals surface area contributed by atoms with Crippen molar-refractivity contribution in [3.63, 3.8) is 0 Å². The van der Waals surface area contributed by atoms with Gasteiger partial charge in [-0.25, -0.2) is 4.68 Å². The molecule has 1 fully saturated rings. The van der Waals surface area contributed by atoms with Crippen molar-refractivity contribution in [1.29, 1.82) is 0 Å². The van der Waals surface area contributed by atoms with Crippen molar-refractivity contribution in [3.05, 3.63) is 101 Å². The lowest BCUT2D eigenvalue weighted by molar-refractivity contribution is 0.100. The van der Waals surface area contributed by atoms with E-state index in [4.69, 9.17) is 9.47 Å². The van der Waals surface area contributed by atoms with Crippen molar-refractivity contribution in [2.45, 2.75) is 19.1 Å². The van der Waals surface area contributed by atoms with E-state index in [1.54, 1.807) is 14.2 Å². The Labute approximate surface area is 212 Å². The smallest absolute Gasteiger partial charge is 0.173 e. The fraction of sp³-hybridized carbons (Fsp3) is 0.321. The molecular weight excluding hydrogens is 452 g/mol. The quantitative estimate of drug-likeness (QED) is 0.359. The third-order valence-corrected chi connectivity index (χ3v) is 6.72. The Morgan fingerprint density at radius 3 is 2.03 bits per heavy atom. The van der Waals surface area contributed by atoms with E-state index in [2.05, 4.69) is 73.9 Å². The van der Waals surface area contributed by atoms with E-state index < -0.39 is 0 Å². The lowest BCUT2D eigenvalue weighted by Gasteiger charge is -2.39. The van der Waals surface area contributed by atoms with Gasteiger partial charge in [0.15, 0.2) is 17.3 Å². The molecular formula is C28H32N6O2. The number of nitrogens with zero attached hydrogens (tertiary/aromatic N) is 6. The number of rotatable bonds is 9. The molecule has 5 rings (SSSR count). The first-order valence-electron chi connectivity index (χ1n) is 12.3. The van der Waals surface area contributed by atoms with Crippen LogP contribution in [-0.2, 0) is 13.1 Å². The van der Waals surface area contributed by atoms with E-state index in [9.17, 15) is 0 Å². The van der Waals surface area contributed by atoms with Crippen LogP contribution in [0.4, 0.5) is 0 Å². The summed E-state index contributed by atoms with van der Waals surface area (Å²) < 4.78 is 13.0. The minimum absolute atomic E-state index is 0.109. The Balaban J connectivity index is 1.43. The summed E-state index contributed by atoms with van der Waals surface area (Å²) in [4.78, 5) is 4.97. The summed E-state index contributed by atoms with van der Waals surface area (Å²) in [7, 11) is 3.32. The average Bonchev–Trinajstić information content (AvgIpc) is 3.38. The van der Waals surface area contributed by atoms with E-state index in [1.165, 1.54) is 5.56 Å². The zero-order valence-corrected chi connectivity index (χ0v) is 20.8. The second-order valence-electron chi connectivity index (χ2n) is 9.00.